The number of carbonyl (C=O) groups excluding carboxylic acids is 2. The third-order valence-electron chi connectivity index (χ3n) is 3.81. The molecule has 0 aromatic heterocycles. The molecule has 1 aromatic carbocycles. The third kappa shape index (κ3) is 5.04. The van der Waals surface area contributed by atoms with Gasteiger partial charge in [0.25, 0.3) is 0 Å². The van der Waals surface area contributed by atoms with Crippen molar-refractivity contribution in [2.24, 2.45) is 5.73 Å². The summed E-state index contributed by atoms with van der Waals surface area (Å²) in [7, 11) is 0. The second-order valence-electron chi connectivity index (χ2n) is 5.79. The Kier molecular flexibility index (Phi) is 5.77. The van der Waals surface area contributed by atoms with Crippen molar-refractivity contribution in [2.45, 2.75) is 38.3 Å². The predicted octanol–water partition coefficient (Wildman–Crippen LogP) is 0.963. The van der Waals surface area contributed by atoms with E-state index in [0.29, 0.717) is 0 Å². The highest BCUT2D eigenvalue weighted by atomic mass is 16.2. The van der Waals surface area contributed by atoms with Crippen molar-refractivity contribution in [3.63, 3.8) is 0 Å². The molecule has 0 bridgehead atoms. The first kappa shape index (κ1) is 16.3. The number of urea groups is 1. The molecule has 1 heterocycles. The van der Waals surface area contributed by atoms with Crippen LogP contribution in [-0.4, -0.2) is 31.1 Å². The van der Waals surface area contributed by atoms with Crippen LogP contribution in [0.25, 0.3) is 0 Å². The largest absolute Gasteiger partial charge is 0.352 e. The standard InChI is InChI=1S/C16H24N4O2/c1-11-4-2-5-12(8-11)14(20-16(17)22)9-15(21)19-13-6-3-7-18-10-13/h2,4-5,8,13-14,18H,3,6-7,9-10H2,1H3,(H,19,21)(H3,17,20,22)/t13-,14?/m0/s1. The first-order chi connectivity index (χ1) is 10.5. The van der Waals surface area contributed by atoms with Gasteiger partial charge in [-0.3, -0.25) is 4.79 Å². The van der Waals surface area contributed by atoms with Gasteiger partial charge in [0.1, 0.15) is 0 Å². The zero-order chi connectivity index (χ0) is 15.9. The molecule has 120 valence electrons. The molecule has 1 saturated heterocycles. The number of carbonyl (C=O) groups is 2. The third-order valence-corrected chi connectivity index (χ3v) is 3.81. The molecule has 1 fully saturated rings. The van der Waals surface area contributed by atoms with Crippen molar-refractivity contribution in [1.82, 2.24) is 16.0 Å². The second kappa shape index (κ2) is 7.79. The van der Waals surface area contributed by atoms with Crippen LogP contribution in [0.5, 0.6) is 0 Å². The second-order valence-corrected chi connectivity index (χ2v) is 5.79. The molecule has 0 radical (unpaired) electrons. The number of aryl methyl sites for hydroxylation is 1. The lowest BCUT2D eigenvalue weighted by atomic mass is 10.0. The first-order valence-electron chi connectivity index (χ1n) is 7.67. The van der Waals surface area contributed by atoms with E-state index in [0.717, 1.165) is 37.1 Å². The Morgan fingerprint density at radius 2 is 2.27 bits per heavy atom. The Balaban J connectivity index is 1.99. The molecule has 22 heavy (non-hydrogen) atoms. The Bertz CT molecular complexity index is 527. The van der Waals surface area contributed by atoms with E-state index in [9.17, 15) is 9.59 Å². The number of hydrogen-bond acceptors (Lipinski definition) is 3. The van der Waals surface area contributed by atoms with E-state index in [1.54, 1.807) is 0 Å². The fourth-order valence-corrected chi connectivity index (χ4v) is 2.76. The smallest absolute Gasteiger partial charge is 0.312 e. The van der Waals surface area contributed by atoms with Gasteiger partial charge in [0.15, 0.2) is 0 Å². The van der Waals surface area contributed by atoms with Crippen molar-refractivity contribution >= 4 is 11.9 Å². The molecule has 2 rings (SSSR count). The Morgan fingerprint density at radius 3 is 2.91 bits per heavy atom. The summed E-state index contributed by atoms with van der Waals surface area (Å²) in [4.78, 5) is 23.4. The maximum absolute atomic E-state index is 12.2. The van der Waals surface area contributed by atoms with Gasteiger partial charge in [0, 0.05) is 12.6 Å². The lowest BCUT2D eigenvalue weighted by molar-refractivity contribution is -0.122. The molecule has 0 saturated carbocycles. The molecule has 1 aliphatic heterocycles. The summed E-state index contributed by atoms with van der Waals surface area (Å²) in [5.74, 6) is -0.0750. The highest BCUT2D eigenvalue weighted by Crippen LogP contribution is 2.18. The van der Waals surface area contributed by atoms with E-state index in [4.69, 9.17) is 5.73 Å². The first-order valence-corrected chi connectivity index (χ1v) is 7.67. The number of piperidine rings is 1. The van der Waals surface area contributed by atoms with E-state index < -0.39 is 12.1 Å². The minimum Gasteiger partial charge on any atom is -0.352 e. The van der Waals surface area contributed by atoms with Gasteiger partial charge in [0.2, 0.25) is 5.91 Å². The zero-order valence-corrected chi connectivity index (χ0v) is 12.9. The number of nitrogens with one attached hydrogen (secondary N) is 3. The number of amides is 3. The Morgan fingerprint density at radius 1 is 1.45 bits per heavy atom. The monoisotopic (exact) mass is 304 g/mol. The van der Waals surface area contributed by atoms with Crippen LogP contribution in [0, 0.1) is 6.92 Å². The lowest BCUT2D eigenvalue weighted by Crippen LogP contribution is -2.46. The normalized spacial score (nSPS) is 19.2. The fraction of sp³-hybridized carbons (Fsp3) is 0.500. The van der Waals surface area contributed by atoms with Crippen LogP contribution in [0.15, 0.2) is 24.3 Å². The summed E-state index contributed by atoms with van der Waals surface area (Å²) in [5, 5.41) is 8.93. The molecule has 0 spiro atoms. The highest BCUT2D eigenvalue weighted by molar-refractivity contribution is 5.79. The minimum absolute atomic E-state index is 0.0750. The molecular weight excluding hydrogens is 280 g/mol. The summed E-state index contributed by atoms with van der Waals surface area (Å²) < 4.78 is 0. The van der Waals surface area contributed by atoms with Crippen LogP contribution in [0.2, 0.25) is 0 Å². The molecule has 1 aliphatic rings. The fourth-order valence-electron chi connectivity index (χ4n) is 2.76. The molecule has 0 aliphatic carbocycles. The topological polar surface area (TPSA) is 96.2 Å². The van der Waals surface area contributed by atoms with Gasteiger partial charge in [-0.15, -0.1) is 0 Å². The summed E-state index contributed by atoms with van der Waals surface area (Å²) >= 11 is 0. The van der Waals surface area contributed by atoms with Crippen LogP contribution in [-0.2, 0) is 4.79 Å². The SMILES string of the molecule is Cc1cccc(C(CC(=O)N[C@H]2CCCNC2)NC(N)=O)c1. The van der Waals surface area contributed by atoms with Crippen molar-refractivity contribution in [3.05, 3.63) is 35.4 Å². The van der Waals surface area contributed by atoms with Crippen LogP contribution < -0.4 is 21.7 Å². The highest BCUT2D eigenvalue weighted by Gasteiger charge is 2.20. The number of nitrogens with two attached hydrogens (primary N) is 1. The maximum Gasteiger partial charge on any atom is 0.312 e. The van der Waals surface area contributed by atoms with Crippen molar-refractivity contribution in [3.8, 4) is 0 Å². The van der Waals surface area contributed by atoms with Gasteiger partial charge in [-0.05, 0) is 31.9 Å². The minimum atomic E-state index is -0.626. The Hall–Kier alpha value is -2.08. The van der Waals surface area contributed by atoms with Crippen LogP contribution in [0.1, 0.15) is 36.4 Å². The molecular formula is C16H24N4O2. The van der Waals surface area contributed by atoms with E-state index in [-0.39, 0.29) is 18.4 Å². The van der Waals surface area contributed by atoms with Crippen molar-refractivity contribution in [1.29, 1.82) is 0 Å². The van der Waals surface area contributed by atoms with E-state index in [1.165, 1.54) is 0 Å². The van der Waals surface area contributed by atoms with Gasteiger partial charge in [-0.1, -0.05) is 29.8 Å². The van der Waals surface area contributed by atoms with Crippen LogP contribution in [0.4, 0.5) is 4.79 Å². The summed E-state index contributed by atoms with van der Waals surface area (Å²) in [5.41, 5.74) is 7.20. The molecule has 3 amide bonds. The van der Waals surface area contributed by atoms with Crippen LogP contribution >= 0.6 is 0 Å². The van der Waals surface area contributed by atoms with E-state index >= 15 is 0 Å². The Labute approximate surface area is 130 Å². The van der Waals surface area contributed by atoms with E-state index in [1.807, 2.05) is 31.2 Å². The summed E-state index contributed by atoms with van der Waals surface area (Å²) in [6, 6.07) is 6.85. The van der Waals surface area contributed by atoms with Gasteiger partial charge >= 0.3 is 6.03 Å². The molecule has 2 atom stereocenters. The van der Waals surface area contributed by atoms with Gasteiger partial charge in [-0.2, -0.15) is 0 Å². The van der Waals surface area contributed by atoms with Gasteiger partial charge in [0.05, 0.1) is 12.5 Å². The summed E-state index contributed by atoms with van der Waals surface area (Å²) in [6.07, 6.45) is 2.23. The zero-order valence-electron chi connectivity index (χ0n) is 12.9. The maximum atomic E-state index is 12.2. The van der Waals surface area contributed by atoms with Gasteiger partial charge < -0.3 is 21.7 Å². The van der Waals surface area contributed by atoms with Crippen LogP contribution in [0.3, 0.4) is 0 Å². The molecule has 6 nitrogen and oxygen atoms in total. The van der Waals surface area contributed by atoms with Crippen molar-refractivity contribution in [2.75, 3.05) is 13.1 Å². The van der Waals surface area contributed by atoms with Gasteiger partial charge in [-0.25, -0.2) is 4.79 Å². The molecule has 6 heteroatoms. The molecule has 1 unspecified atom stereocenters. The number of rotatable bonds is 5. The number of benzene rings is 1. The predicted molar refractivity (Wildman–Crippen MR) is 85.3 cm³/mol. The quantitative estimate of drug-likeness (QED) is 0.652. The molecule has 5 N–H and O–H groups in total. The molecule has 1 aromatic rings. The van der Waals surface area contributed by atoms with Crippen molar-refractivity contribution < 1.29 is 9.59 Å². The summed E-state index contributed by atoms with van der Waals surface area (Å²) in [6.45, 7) is 3.77. The number of primary amides is 1. The number of hydrogen-bond donors (Lipinski definition) is 4. The van der Waals surface area contributed by atoms with E-state index in [2.05, 4.69) is 16.0 Å². The average molecular weight is 304 g/mol. The average Bonchev–Trinajstić information content (AvgIpc) is 2.47. The lowest BCUT2D eigenvalue weighted by Gasteiger charge is -2.25.